The summed E-state index contributed by atoms with van der Waals surface area (Å²) in [7, 11) is -3.65. The molecule has 0 radical (unpaired) electrons. The Balaban J connectivity index is 1.38. The number of carbonyl (C=O) groups excluding carboxylic acids is 1. The quantitative estimate of drug-likeness (QED) is 0.391. The number of fused-ring (bicyclic) bond motifs is 1. The summed E-state index contributed by atoms with van der Waals surface area (Å²) >= 11 is 1.05. The third-order valence-corrected chi connectivity index (χ3v) is 10.1. The van der Waals surface area contributed by atoms with E-state index in [1.807, 2.05) is 0 Å². The SMILES string of the molecule is O=C(c1ccc(S(=O)(=O)N2CCCCCC2)cc1)N(CCCN1CCOCC1)c1nc2c(F)cc(F)cc2s1. The molecule has 0 bridgehead atoms. The highest BCUT2D eigenvalue weighted by Crippen LogP contribution is 2.32. The van der Waals surface area contributed by atoms with E-state index in [1.54, 1.807) is 0 Å². The standard InChI is InChI=1S/C27H32F2N4O4S2/c28-21-18-23(29)25-24(19-21)38-27(30-25)33(13-5-10-31-14-16-37-17-15-31)26(34)20-6-8-22(9-7-20)39(35,36)32-11-3-1-2-4-12-32/h6-9,18-19H,1-5,10-17H2. The minimum atomic E-state index is -3.65. The zero-order chi connectivity index (χ0) is 27.4. The lowest BCUT2D eigenvalue weighted by Crippen LogP contribution is -2.39. The molecule has 3 aromatic rings. The summed E-state index contributed by atoms with van der Waals surface area (Å²) < 4.78 is 61.8. The lowest BCUT2D eigenvalue weighted by atomic mass is 10.2. The zero-order valence-electron chi connectivity index (χ0n) is 21.7. The maximum atomic E-state index is 14.4. The summed E-state index contributed by atoms with van der Waals surface area (Å²) in [6, 6.07) is 7.93. The van der Waals surface area contributed by atoms with Gasteiger partial charge in [-0.05, 0) is 49.6 Å². The van der Waals surface area contributed by atoms with Crippen molar-refractivity contribution >= 4 is 42.6 Å². The molecule has 0 saturated carbocycles. The monoisotopic (exact) mass is 578 g/mol. The van der Waals surface area contributed by atoms with Crippen molar-refractivity contribution in [1.29, 1.82) is 0 Å². The molecular formula is C27H32F2N4O4S2. The van der Waals surface area contributed by atoms with Crippen LogP contribution >= 0.6 is 11.3 Å². The van der Waals surface area contributed by atoms with Gasteiger partial charge in [-0.1, -0.05) is 24.2 Å². The molecule has 210 valence electrons. The molecule has 2 saturated heterocycles. The van der Waals surface area contributed by atoms with Crippen LogP contribution in [0.2, 0.25) is 0 Å². The number of hydrogen-bond donors (Lipinski definition) is 0. The predicted molar refractivity (Wildman–Crippen MR) is 147 cm³/mol. The van der Waals surface area contributed by atoms with Gasteiger partial charge in [0.2, 0.25) is 10.0 Å². The number of hydrogen-bond acceptors (Lipinski definition) is 7. The van der Waals surface area contributed by atoms with Gasteiger partial charge in [-0.2, -0.15) is 4.31 Å². The molecule has 1 aromatic heterocycles. The van der Waals surface area contributed by atoms with Gasteiger partial charge in [0.25, 0.3) is 5.91 Å². The van der Waals surface area contributed by atoms with Crippen LogP contribution in [0.15, 0.2) is 41.3 Å². The fourth-order valence-corrected chi connectivity index (χ4v) is 7.53. The molecular weight excluding hydrogens is 546 g/mol. The van der Waals surface area contributed by atoms with Gasteiger partial charge in [-0.15, -0.1) is 0 Å². The second-order valence-electron chi connectivity index (χ2n) is 9.84. The van der Waals surface area contributed by atoms with E-state index in [0.717, 1.165) is 62.7 Å². The fourth-order valence-electron chi connectivity index (χ4n) is 4.98. The van der Waals surface area contributed by atoms with Crippen molar-refractivity contribution in [3.8, 4) is 0 Å². The molecule has 5 rings (SSSR count). The molecule has 0 aliphatic carbocycles. The topological polar surface area (TPSA) is 83.1 Å². The summed E-state index contributed by atoms with van der Waals surface area (Å²) in [6.45, 7) is 5.00. The minimum absolute atomic E-state index is 0.0151. The largest absolute Gasteiger partial charge is 0.379 e. The van der Waals surface area contributed by atoms with E-state index < -0.39 is 21.7 Å². The Morgan fingerprint density at radius 3 is 2.38 bits per heavy atom. The number of carbonyl (C=O) groups is 1. The molecule has 39 heavy (non-hydrogen) atoms. The van der Waals surface area contributed by atoms with Crippen LogP contribution in [0.5, 0.6) is 0 Å². The highest BCUT2D eigenvalue weighted by molar-refractivity contribution is 7.89. The van der Waals surface area contributed by atoms with Crippen molar-refractivity contribution < 1.29 is 26.7 Å². The predicted octanol–water partition coefficient (Wildman–Crippen LogP) is 4.51. The lowest BCUT2D eigenvalue weighted by molar-refractivity contribution is 0.0376. The first-order chi connectivity index (χ1) is 18.8. The molecule has 2 aliphatic heterocycles. The third kappa shape index (κ3) is 6.46. The minimum Gasteiger partial charge on any atom is -0.379 e. The number of thiazole rings is 1. The summed E-state index contributed by atoms with van der Waals surface area (Å²) in [5.74, 6) is -1.87. The average molecular weight is 579 g/mol. The van der Waals surface area contributed by atoms with Crippen LogP contribution in [0.3, 0.4) is 0 Å². The van der Waals surface area contributed by atoms with Crippen LogP contribution in [-0.2, 0) is 14.8 Å². The number of anilines is 1. The molecule has 0 unspecified atom stereocenters. The van der Waals surface area contributed by atoms with Gasteiger partial charge in [0.1, 0.15) is 11.3 Å². The Kier molecular flexibility index (Phi) is 8.87. The van der Waals surface area contributed by atoms with Crippen LogP contribution in [0.1, 0.15) is 42.5 Å². The number of benzene rings is 2. The first-order valence-electron chi connectivity index (χ1n) is 13.3. The summed E-state index contributed by atoms with van der Waals surface area (Å²) in [4.78, 5) is 21.9. The van der Waals surface area contributed by atoms with Gasteiger partial charge in [0, 0.05) is 50.9 Å². The van der Waals surface area contributed by atoms with Gasteiger partial charge in [-0.25, -0.2) is 22.2 Å². The molecule has 0 spiro atoms. The van der Waals surface area contributed by atoms with Crippen molar-refractivity contribution in [3.05, 3.63) is 53.6 Å². The molecule has 2 aromatic carbocycles. The van der Waals surface area contributed by atoms with E-state index in [9.17, 15) is 22.0 Å². The van der Waals surface area contributed by atoms with Gasteiger partial charge in [-0.3, -0.25) is 14.6 Å². The Labute approximate surface area is 231 Å². The molecule has 3 heterocycles. The van der Waals surface area contributed by atoms with E-state index in [-0.39, 0.29) is 21.5 Å². The van der Waals surface area contributed by atoms with Gasteiger partial charge in [0.15, 0.2) is 10.9 Å². The van der Waals surface area contributed by atoms with E-state index >= 15 is 0 Å². The fraction of sp³-hybridized carbons (Fsp3) is 0.481. The third-order valence-electron chi connectivity index (χ3n) is 7.14. The van der Waals surface area contributed by atoms with E-state index in [2.05, 4.69) is 9.88 Å². The number of nitrogens with zero attached hydrogens (tertiary/aromatic N) is 4. The highest BCUT2D eigenvalue weighted by atomic mass is 32.2. The smallest absolute Gasteiger partial charge is 0.260 e. The second-order valence-corrected chi connectivity index (χ2v) is 12.8. The van der Waals surface area contributed by atoms with E-state index in [1.165, 1.54) is 39.5 Å². The van der Waals surface area contributed by atoms with Crippen LogP contribution in [0, 0.1) is 11.6 Å². The number of amides is 1. The molecule has 12 heteroatoms. The average Bonchev–Trinajstić information content (AvgIpc) is 3.15. The van der Waals surface area contributed by atoms with Gasteiger partial charge < -0.3 is 4.74 Å². The second kappa shape index (κ2) is 12.3. The van der Waals surface area contributed by atoms with Crippen LogP contribution in [0.4, 0.5) is 13.9 Å². The summed E-state index contributed by atoms with van der Waals surface area (Å²) in [5.41, 5.74) is 0.309. The zero-order valence-corrected chi connectivity index (χ0v) is 23.3. The molecule has 0 atom stereocenters. The van der Waals surface area contributed by atoms with E-state index in [4.69, 9.17) is 4.74 Å². The Morgan fingerprint density at radius 1 is 1.00 bits per heavy atom. The van der Waals surface area contributed by atoms with Gasteiger partial charge in [0.05, 0.1) is 22.8 Å². The number of ether oxygens (including phenoxy) is 1. The maximum Gasteiger partial charge on any atom is 0.260 e. The molecule has 8 nitrogen and oxygen atoms in total. The van der Waals surface area contributed by atoms with Crippen LogP contribution in [-0.4, -0.2) is 81.0 Å². The number of morpholine rings is 1. The van der Waals surface area contributed by atoms with Gasteiger partial charge >= 0.3 is 0 Å². The summed E-state index contributed by atoms with van der Waals surface area (Å²) in [6.07, 6.45) is 4.34. The van der Waals surface area contributed by atoms with Crippen molar-refractivity contribution in [3.63, 3.8) is 0 Å². The number of halogens is 2. The first-order valence-corrected chi connectivity index (χ1v) is 15.6. The van der Waals surface area contributed by atoms with Crippen LogP contribution in [0.25, 0.3) is 10.2 Å². The molecule has 1 amide bonds. The Morgan fingerprint density at radius 2 is 1.69 bits per heavy atom. The van der Waals surface area contributed by atoms with Crippen molar-refractivity contribution in [2.24, 2.45) is 0 Å². The number of aromatic nitrogens is 1. The lowest BCUT2D eigenvalue weighted by Gasteiger charge is -2.27. The number of sulfonamides is 1. The Hall–Kier alpha value is -2.51. The Bertz CT molecular complexity index is 1400. The van der Waals surface area contributed by atoms with Crippen molar-refractivity contribution in [2.45, 2.75) is 37.0 Å². The van der Waals surface area contributed by atoms with Crippen molar-refractivity contribution in [2.75, 3.05) is 57.4 Å². The highest BCUT2D eigenvalue weighted by Gasteiger charge is 2.27. The van der Waals surface area contributed by atoms with E-state index in [0.29, 0.717) is 49.5 Å². The normalized spacial score (nSPS) is 17.8. The first kappa shape index (κ1) is 28.0. The van der Waals surface area contributed by atoms with Crippen molar-refractivity contribution in [1.82, 2.24) is 14.2 Å². The summed E-state index contributed by atoms with van der Waals surface area (Å²) in [5, 5.41) is 0.266. The maximum absolute atomic E-state index is 14.4. The molecule has 2 fully saturated rings. The molecule has 2 aliphatic rings. The van der Waals surface area contributed by atoms with Crippen LogP contribution < -0.4 is 4.90 Å². The molecule has 0 N–H and O–H groups in total. The number of rotatable bonds is 8.